The van der Waals surface area contributed by atoms with Gasteiger partial charge in [0.15, 0.2) is 0 Å². The van der Waals surface area contributed by atoms with Gasteiger partial charge in [-0.3, -0.25) is 9.69 Å². The van der Waals surface area contributed by atoms with E-state index in [1.807, 2.05) is 30.8 Å². The van der Waals surface area contributed by atoms with Crippen LogP contribution in [0, 0.1) is 6.92 Å². The van der Waals surface area contributed by atoms with Gasteiger partial charge < -0.3 is 5.32 Å². The van der Waals surface area contributed by atoms with E-state index in [9.17, 15) is 18.0 Å². The van der Waals surface area contributed by atoms with E-state index in [0.717, 1.165) is 54.4 Å². The highest BCUT2D eigenvalue weighted by Gasteiger charge is 2.35. The fourth-order valence-electron chi connectivity index (χ4n) is 3.48. The van der Waals surface area contributed by atoms with Crippen LogP contribution in [0.3, 0.4) is 0 Å². The number of alkyl halides is 3. The lowest BCUT2D eigenvalue weighted by Gasteiger charge is -2.28. The molecule has 1 fully saturated rings. The van der Waals surface area contributed by atoms with Crippen molar-refractivity contribution in [3.63, 3.8) is 0 Å². The Kier molecular flexibility index (Phi) is 6.82. The molecule has 1 aliphatic rings. The van der Waals surface area contributed by atoms with Gasteiger partial charge in [0.1, 0.15) is 0 Å². The molecule has 2 aromatic carbocycles. The van der Waals surface area contributed by atoms with Gasteiger partial charge in [-0.05, 0) is 49.6 Å². The summed E-state index contributed by atoms with van der Waals surface area (Å²) < 4.78 is 39.3. The molecule has 0 saturated carbocycles. The molecule has 1 amide bonds. The van der Waals surface area contributed by atoms with E-state index in [1.54, 1.807) is 19.9 Å². The first-order valence-electron chi connectivity index (χ1n) is 9.97. The number of benzene rings is 2. The van der Waals surface area contributed by atoms with Crippen LogP contribution in [0.5, 0.6) is 0 Å². The summed E-state index contributed by atoms with van der Waals surface area (Å²) >= 11 is 1.96. The third kappa shape index (κ3) is 5.19. The molecular formula is C23H27F3N2OS. The summed E-state index contributed by atoms with van der Waals surface area (Å²) in [5.41, 5.74) is 1.30. The van der Waals surface area contributed by atoms with Gasteiger partial charge in [-0.1, -0.05) is 30.3 Å². The number of amides is 1. The van der Waals surface area contributed by atoms with Gasteiger partial charge in [-0.25, -0.2) is 0 Å². The Morgan fingerprint density at radius 3 is 2.37 bits per heavy atom. The van der Waals surface area contributed by atoms with Gasteiger partial charge in [-0.15, -0.1) is 0 Å². The number of halogens is 3. The smallest absolute Gasteiger partial charge is 0.325 e. The predicted octanol–water partition coefficient (Wildman–Crippen LogP) is 5.48. The molecule has 0 aliphatic carbocycles. The van der Waals surface area contributed by atoms with Crippen LogP contribution in [0.4, 0.5) is 18.9 Å². The number of nitrogens with zero attached hydrogens (tertiary/aromatic N) is 1. The second kappa shape index (κ2) is 9.02. The fraction of sp³-hybridized carbons (Fsp3) is 0.435. The van der Waals surface area contributed by atoms with Crippen molar-refractivity contribution in [2.24, 2.45) is 0 Å². The Bertz CT molecular complexity index is 906. The van der Waals surface area contributed by atoms with Crippen LogP contribution in [-0.4, -0.2) is 35.4 Å². The van der Waals surface area contributed by atoms with Crippen LogP contribution < -0.4 is 5.32 Å². The van der Waals surface area contributed by atoms with Crippen molar-refractivity contribution in [3.8, 4) is 0 Å². The molecule has 0 aromatic heterocycles. The largest absolute Gasteiger partial charge is 0.416 e. The lowest BCUT2D eigenvalue weighted by Crippen LogP contribution is -2.35. The third-order valence-corrected chi connectivity index (χ3v) is 6.61. The molecule has 1 heterocycles. The average molecular weight is 437 g/mol. The Hall–Kier alpha value is -1.99. The molecule has 1 aliphatic heterocycles. The SMILES string of the molecule is Cc1c(CN2CCSCC2)cccc1NC(=O)C(C)(C)c1cccc(C(F)(F)F)c1. The topological polar surface area (TPSA) is 32.3 Å². The quantitative estimate of drug-likeness (QED) is 0.674. The van der Waals surface area contributed by atoms with Crippen molar-refractivity contribution in [2.45, 2.75) is 38.9 Å². The monoisotopic (exact) mass is 436 g/mol. The Balaban J connectivity index is 1.79. The van der Waals surface area contributed by atoms with Crippen LogP contribution in [0.25, 0.3) is 0 Å². The highest BCUT2D eigenvalue weighted by atomic mass is 32.2. The first-order chi connectivity index (χ1) is 14.1. The highest BCUT2D eigenvalue weighted by molar-refractivity contribution is 7.99. The molecule has 0 radical (unpaired) electrons. The van der Waals surface area contributed by atoms with Crippen molar-refractivity contribution >= 4 is 23.4 Å². The molecule has 0 spiro atoms. The molecule has 1 N–H and O–H groups in total. The lowest BCUT2D eigenvalue weighted by molar-refractivity contribution is -0.137. The maximum absolute atomic E-state index is 13.1. The number of carbonyl (C=O) groups is 1. The standard InChI is InChI=1S/C23H27F3N2OS/c1-16-17(15-28-10-12-30-13-11-28)6-4-9-20(16)27-21(29)22(2,3)18-7-5-8-19(14-18)23(24,25)26/h4-9,14H,10-13,15H2,1-3H3,(H,27,29). The summed E-state index contributed by atoms with van der Waals surface area (Å²) in [5, 5.41) is 2.94. The number of nitrogens with one attached hydrogen (secondary N) is 1. The molecule has 0 bridgehead atoms. The van der Waals surface area contributed by atoms with Gasteiger partial charge in [0.05, 0.1) is 11.0 Å². The average Bonchev–Trinajstić information content (AvgIpc) is 2.71. The summed E-state index contributed by atoms with van der Waals surface area (Å²) in [5.74, 6) is 1.91. The van der Waals surface area contributed by atoms with Crippen LogP contribution in [0.1, 0.15) is 36.1 Å². The summed E-state index contributed by atoms with van der Waals surface area (Å²) in [6.45, 7) is 8.17. The zero-order chi connectivity index (χ0) is 21.9. The molecule has 30 heavy (non-hydrogen) atoms. The van der Waals surface area contributed by atoms with E-state index < -0.39 is 17.2 Å². The summed E-state index contributed by atoms with van der Waals surface area (Å²) in [6.07, 6.45) is -4.44. The van der Waals surface area contributed by atoms with Crippen LogP contribution in [0.15, 0.2) is 42.5 Å². The molecule has 162 valence electrons. The maximum Gasteiger partial charge on any atom is 0.416 e. The van der Waals surface area contributed by atoms with Gasteiger partial charge in [0.2, 0.25) is 5.91 Å². The van der Waals surface area contributed by atoms with E-state index in [-0.39, 0.29) is 5.91 Å². The lowest BCUT2D eigenvalue weighted by atomic mass is 9.82. The van der Waals surface area contributed by atoms with Crippen molar-refractivity contribution in [1.29, 1.82) is 0 Å². The molecule has 1 saturated heterocycles. The molecular weight excluding hydrogens is 409 g/mol. The number of rotatable bonds is 5. The van der Waals surface area contributed by atoms with Crippen LogP contribution >= 0.6 is 11.8 Å². The number of anilines is 1. The van der Waals surface area contributed by atoms with E-state index >= 15 is 0 Å². The van der Waals surface area contributed by atoms with E-state index in [4.69, 9.17) is 0 Å². The van der Waals surface area contributed by atoms with Crippen LogP contribution in [0.2, 0.25) is 0 Å². The molecule has 0 atom stereocenters. The minimum Gasteiger partial charge on any atom is -0.325 e. The first kappa shape index (κ1) is 22.7. The Morgan fingerprint density at radius 1 is 1.07 bits per heavy atom. The van der Waals surface area contributed by atoms with Crippen molar-refractivity contribution < 1.29 is 18.0 Å². The number of hydrogen-bond acceptors (Lipinski definition) is 3. The third-order valence-electron chi connectivity index (χ3n) is 5.67. The molecule has 2 aromatic rings. The molecule has 3 rings (SSSR count). The minimum atomic E-state index is -4.44. The first-order valence-corrected chi connectivity index (χ1v) is 11.1. The highest BCUT2D eigenvalue weighted by Crippen LogP contribution is 2.33. The number of thioether (sulfide) groups is 1. The zero-order valence-electron chi connectivity index (χ0n) is 17.5. The molecule has 7 heteroatoms. The summed E-state index contributed by atoms with van der Waals surface area (Å²) in [7, 11) is 0. The normalized spacial score (nSPS) is 15.8. The number of carbonyl (C=O) groups excluding carboxylic acids is 1. The number of hydrogen-bond donors (Lipinski definition) is 1. The van der Waals surface area contributed by atoms with Crippen molar-refractivity contribution in [3.05, 3.63) is 64.7 Å². The fourth-order valence-corrected chi connectivity index (χ4v) is 4.46. The Labute approximate surface area is 180 Å². The zero-order valence-corrected chi connectivity index (χ0v) is 18.3. The van der Waals surface area contributed by atoms with E-state index in [0.29, 0.717) is 11.3 Å². The van der Waals surface area contributed by atoms with Gasteiger partial charge >= 0.3 is 6.18 Å². The Morgan fingerprint density at radius 2 is 1.70 bits per heavy atom. The second-order valence-electron chi connectivity index (χ2n) is 8.14. The summed E-state index contributed by atoms with van der Waals surface area (Å²) in [6, 6.07) is 10.8. The predicted molar refractivity (Wildman–Crippen MR) is 117 cm³/mol. The van der Waals surface area contributed by atoms with E-state index in [1.165, 1.54) is 6.07 Å². The minimum absolute atomic E-state index is 0.328. The van der Waals surface area contributed by atoms with Crippen molar-refractivity contribution in [1.82, 2.24) is 4.90 Å². The van der Waals surface area contributed by atoms with E-state index in [2.05, 4.69) is 16.3 Å². The van der Waals surface area contributed by atoms with Crippen molar-refractivity contribution in [2.75, 3.05) is 29.9 Å². The molecule has 0 unspecified atom stereocenters. The summed E-state index contributed by atoms with van der Waals surface area (Å²) in [4.78, 5) is 15.4. The second-order valence-corrected chi connectivity index (χ2v) is 9.36. The maximum atomic E-state index is 13.1. The van der Waals surface area contributed by atoms with Gasteiger partial charge in [-0.2, -0.15) is 24.9 Å². The van der Waals surface area contributed by atoms with Gasteiger partial charge in [0, 0.05) is 36.8 Å². The van der Waals surface area contributed by atoms with Crippen LogP contribution in [-0.2, 0) is 22.9 Å². The molecule has 3 nitrogen and oxygen atoms in total. The van der Waals surface area contributed by atoms with Gasteiger partial charge in [0.25, 0.3) is 0 Å².